The van der Waals surface area contributed by atoms with E-state index in [1.807, 2.05) is 0 Å². The zero-order valence-electron chi connectivity index (χ0n) is 10.4. The van der Waals surface area contributed by atoms with E-state index in [4.69, 9.17) is 16.3 Å². The molecule has 0 radical (unpaired) electrons. The molecule has 0 aliphatic heterocycles. The first-order valence-electron chi connectivity index (χ1n) is 5.77. The fourth-order valence-electron chi connectivity index (χ4n) is 1.83. The molecule has 0 saturated carbocycles. The minimum absolute atomic E-state index is 0.341. The van der Waals surface area contributed by atoms with Gasteiger partial charge in [0.2, 0.25) is 0 Å². The number of hydrogen-bond acceptors (Lipinski definition) is 3. The predicted molar refractivity (Wildman–Crippen MR) is 69.6 cm³/mol. The summed E-state index contributed by atoms with van der Waals surface area (Å²) in [6, 6.07) is 5.77. The molecule has 1 heterocycles. The van der Waals surface area contributed by atoms with Crippen LogP contribution in [-0.4, -0.2) is 28.6 Å². The van der Waals surface area contributed by atoms with E-state index in [0.29, 0.717) is 29.4 Å². The monoisotopic (exact) mass is 284 g/mol. The average molecular weight is 285 g/mol. The third-order valence-corrected chi connectivity index (χ3v) is 3.06. The third-order valence-electron chi connectivity index (χ3n) is 2.76. The number of aromatic nitrogens is 2. The lowest BCUT2D eigenvalue weighted by Crippen LogP contribution is -2.13. The highest BCUT2D eigenvalue weighted by atomic mass is 35.5. The number of benzene rings is 1. The molecule has 4 nitrogen and oxygen atoms in total. The maximum atomic E-state index is 13.2. The van der Waals surface area contributed by atoms with E-state index in [9.17, 15) is 9.50 Å². The summed E-state index contributed by atoms with van der Waals surface area (Å²) in [7, 11) is 1.58. The van der Waals surface area contributed by atoms with Crippen LogP contribution >= 0.6 is 11.6 Å². The van der Waals surface area contributed by atoms with Crippen LogP contribution in [0.1, 0.15) is 17.4 Å². The SMILES string of the molecule is COCCn1ncc(Cl)c1C(O)c1cccc(F)c1. The Morgan fingerprint density at radius 1 is 1.53 bits per heavy atom. The molecule has 1 unspecified atom stereocenters. The van der Waals surface area contributed by atoms with Crippen molar-refractivity contribution in [3.05, 3.63) is 52.6 Å². The van der Waals surface area contributed by atoms with Crippen molar-refractivity contribution in [1.82, 2.24) is 9.78 Å². The van der Waals surface area contributed by atoms with E-state index in [1.165, 1.54) is 24.4 Å². The van der Waals surface area contributed by atoms with Gasteiger partial charge in [0.25, 0.3) is 0 Å². The first kappa shape index (κ1) is 14.0. The van der Waals surface area contributed by atoms with Gasteiger partial charge in [-0.2, -0.15) is 5.10 Å². The van der Waals surface area contributed by atoms with E-state index >= 15 is 0 Å². The number of aliphatic hydroxyl groups excluding tert-OH is 1. The van der Waals surface area contributed by atoms with Crippen molar-refractivity contribution < 1.29 is 14.2 Å². The molecule has 1 aromatic heterocycles. The van der Waals surface area contributed by atoms with Crippen LogP contribution < -0.4 is 0 Å². The van der Waals surface area contributed by atoms with Gasteiger partial charge in [0, 0.05) is 7.11 Å². The lowest BCUT2D eigenvalue weighted by molar-refractivity contribution is 0.171. The molecule has 0 fully saturated rings. The number of halogens is 2. The summed E-state index contributed by atoms with van der Waals surface area (Å²) in [6.07, 6.45) is 0.428. The Balaban J connectivity index is 2.32. The maximum absolute atomic E-state index is 13.2. The van der Waals surface area contributed by atoms with Crippen LogP contribution in [0.5, 0.6) is 0 Å². The van der Waals surface area contributed by atoms with E-state index in [0.717, 1.165) is 0 Å². The van der Waals surface area contributed by atoms with Crippen LogP contribution in [-0.2, 0) is 11.3 Å². The van der Waals surface area contributed by atoms with Crippen LogP contribution in [0.15, 0.2) is 30.5 Å². The third kappa shape index (κ3) is 3.12. The molecule has 2 aromatic rings. The highest BCUT2D eigenvalue weighted by Crippen LogP contribution is 2.28. The molecule has 0 bridgehead atoms. The smallest absolute Gasteiger partial charge is 0.123 e. The van der Waals surface area contributed by atoms with Gasteiger partial charge in [0.1, 0.15) is 11.9 Å². The van der Waals surface area contributed by atoms with Gasteiger partial charge >= 0.3 is 0 Å². The van der Waals surface area contributed by atoms with Gasteiger partial charge in [-0.1, -0.05) is 23.7 Å². The molecular formula is C13H14ClFN2O2. The van der Waals surface area contributed by atoms with Gasteiger partial charge in [0.15, 0.2) is 0 Å². The van der Waals surface area contributed by atoms with Crippen molar-refractivity contribution in [1.29, 1.82) is 0 Å². The summed E-state index contributed by atoms with van der Waals surface area (Å²) in [4.78, 5) is 0. The summed E-state index contributed by atoms with van der Waals surface area (Å²) in [5, 5.41) is 14.7. The van der Waals surface area contributed by atoms with E-state index in [-0.39, 0.29) is 0 Å². The number of aliphatic hydroxyl groups is 1. The molecule has 19 heavy (non-hydrogen) atoms. The number of ether oxygens (including phenoxy) is 1. The zero-order valence-corrected chi connectivity index (χ0v) is 11.1. The first-order chi connectivity index (χ1) is 9.13. The molecule has 1 aromatic carbocycles. The second kappa shape index (κ2) is 6.14. The second-order valence-corrected chi connectivity index (χ2v) is 4.46. The lowest BCUT2D eigenvalue weighted by Gasteiger charge is -2.14. The van der Waals surface area contributed by atoms with Gasteiger partial charge < -0.3 is 9.84 Å². The number of rotatable bonds is 5. The fraction of sp³-hybridized carbons (Fsp3) is 0.308. The Morgan fingerprint density at radius 3 is 3.00 bits per heavy atom. The Hall–Kier alpha value is -1.43. The molecule has 0 spiro atoms. The molecule has 102 valence electrons. The Morgan fingerprint density at radius 2 is 2.32 bits per heavy atom. The van der Waals surface area contributed by atoms with Gasteiger partial charge in [-0.3, -0.25) is 4.68 Å². The largest absolute Gasteiger partial charge is 0.383 e. The standard InChI is InChI=1S/C13H14ClFN2O2/c1-19-6-5-17-12(11(14)8-16-17)13(18)9-3-2-4-10(15)7-9/h2-4,7-8,13,18H,5-6H2,1H3. The quantitative estimate of drug-likeness (QED) is 0.917. The van der Waals surface area contributed by atoms with Crippen molar-refractivity contribution in [2.45, 2.75) is 12.6 Å². The summed E-state index contributed by atoms with van der Waals surface area (Å²) in [5.74, 6) is -0.407. The van der Waals surface area contributed by atoms with Crippen molar-refractivity contribution in [3.63, 3.8) is 0 Å². The highest BCUT2D eigenvalue weighted by Gasteiger charge is 2.20. The molecule has 1 N–H and O–H groups in total. The molecule has 0 aliphatic carbocycles. The number of hydrogen-bond donors (Lipinski definition) is 1. The Bertz CT molecular complexity index is 559. The molecule has 0 aliphatic rings. The van der Waals surface area contributed by atoms with Crippen LogP contribution in [0.4, 0.5) is 4.39 Å². The summed E-state index contributed by atoms with van der Waals surface area (Å²) in [6.45, 7) is 0.909. The average Bonchev–Trinajstić information content (AvgIpc) is 2.76. The van der Waals surface area contributed by atoms with E-state index < -0.39 is 11.9 Å². The normalized spacial score (nSPS) is 12.6. The van der Waals surface area contributed by atoms with Crippen molar-refractivity contribution in [2.75, 3.05) is 13.7 Å². The molecule has 0 saturated heterocycles. The van der Waals surface area contributed by atoms with Crippen LogP contribution in [0.2, 0.25) is 5.02 Å². The molecule has 1 atom stereocenters. The van der Waals surface area contributed by atoms with Crippen LogP contribution in [0.25, 0.3) is 0 Å². The number of methoxy groups -OCH3 is 1. The summed E-state index contributed by atoms with van der Waals surface area (Å²) < 4.78 is 19.7. The Kier molecular flexibility index (Phi) is 4.52. The Labute approximate surface area is 115 Å². The zero-order chi connectivity index (χ0) is 13.8. The van der Waals surface area contributed by atoms with E-state index in [1.54, 1.807) is 17.9 Å². The van der Waals surface area contributed by atoms with Crippen LogP contribution in [0, 0.1) is 5.82 Å². The molecule has 6 heteroatoms. The molecular weight excluding hydrogens is 271 g/mol. The topological polar surface area (TPSA) is 47.3 Å². The summed E-state index contributed by atoms with van der Waals surface area (Å²) in [5.41, 5.74) is 0.866. The fourth-order valence-corrected chi connectivity index (χ4v) is 2.08. The van der Waals surface area contributed by atoms with E-state index in [2.05, 4.69) is 5.10 Å². The van der Waals surface area contributed by atoms with Gasteiger partial charge in [0.05, 0.1) is 30.1 Å². The number of nitrogens with zero attached hydrogens (tertiary/aromatic N) is 2. The minimum Gasteiger partial charge on any atom is -0.383 e. The lowest BCUT2D eigenvalue weighted by atomic mass is 10.1. The predicted octanol–water partition coefficient (Wildman–Crippen LogP) is 2.40. The van der Waals surface area contributed by atoms with Crippen molar-refractivity contribution in [2.24, 2.45) is 0 Å². The molecule has 2 rings (SSSR count). The van der Waals surface area contributed by atoms with Gasteiger partial charge in [-0.15, -0.1) is 0 Å². The van der Waals surface area contributed by atoms with Gasteiger partial charge in [-0.25, -0.2) is 4.39 Å². The molecule has 0 amide bonds. The first-order valence-corrected chi connectivity index (χ1v) is 6.15. The van der Waals surface area contributed by atoms with Crippen molar-refractivity contribution >= 4 is 11.6 Å². The maximum Gasteiger partial charge on any atom is 0.123 e. The summed E-state index contributed by atoms with van der Waals surface area (Å²) >= 11 is 6.03. The van der Waals surface area contributed by atoms with Gasteiger partial charge in [-0.05, 0) is 17.7 Å². The van der Waals surface area contributed by atoms with Crippen LogP contribution in [0.3, 0.4) is 0 Å². The van der Waals surface area contributed by atoms with Crippen molar-refractivity contribution in [3.8, 4) is 0 Å². The second-order valence-electron chi connectivity index (χ2n) is 4.05. The minimum atomic E-state index is -1.03. The highest BCUT2D eigenvalue weighted by molar-refractivity contribution is 6.31.